The summed E-state index contributed by atoms with van der Waals surface area (Å²) in [5, 5.41) is 12.6. The molecule has 2 atom stereocenters. The predicted octanol–water partition coefficient (Wildman–Crippen LogP) is 1.25. The first-order chi connectivity index (χ1) is 7.04. The van der Waals surface area contributed by atoms with Crippen LogP contribution < -0.4 is 5.32 Å². The van der Waals surface area contributed by atoms with Gasteiger partial charge in [0.05, 0.1) is 13.2 Å². The molecule has 15 heavy (non-hydrogen) atoms. The van der Waals surface area contributed by atoms with Gasteiger partial charge in [0, 0.05) is 12.1 Å². The van der Waals surface area contributed by atoms with Gasteiger partial charge in [0.2, 0.25) is 0 Å². The van der Waals surface area contributed by atoms with Crippen LogP contribution in [0.15, 0.2) is 0 Å². The number of aliphatic carboxylic acids is 1. The van der Waals surface area contributed by atoms with Crippen LogP contribution in [0.5, 0.6) is 0 Å². The highest BCUT2D eigenvalue weighted by Crippen LogP contribution is 2.29. The molecule has 1 aliphatic heterocycles. The van der Waals surface area contributed by atoms with Crippen molar-refractivity contribution in [1.82, 2.24) is 5.32 Å². The highest BCUT2D eigenvalue weighted by Gasteiger charge is 2.46. The molecule has 0 aromatic carbocycles. The van der Waals surface area contributed by atoms with E-state index in [1.807, 2.05) is 0 Å². The van der Waals surface area contributed by atoms with Gasteiger partial charge < -0.3 is 15.2 Å². The van der Waals surface area contributed by atoms with Crippen molar-refractivity contribution in [3.63, 3.8) is 0 Å². The number of carboxylic acid groups (broad SMARTS) is 1. The first-order valence-electron chi connectivity index (χ1n) is 5.61. The summed E-state index contributed by atoms with van der Waals surface area (Å²) in [6.07, 6.45) is 2.03. The monoisotopic (exact) mass is 215 g/mol. The van der Waals surface area contributed by atoms with E-state index in [4.69, 9.17) is 4.74 Å². The maximum Gasteiger partial charge on any atom is 0.313 e. The van der Waals surface area contributed by atoms with E-state index in [2.05, 4.69) is 19.2 Å². The summed E-state index contributed by atoms with van der Waals surface area (Å²) in [5.41, 5.74) is -0.775. The molecule has 4 heteroatoms. The van der Waals surface area contributed by atoms with E-state index < -0.39 is 11.4 Å². The molecule has 0 spiro atoms. The van der Waals surface area contributed by atoms with Gasteiger partial charge in [-0.05, 0) is 19.8 Å². The lowest BCUT2D eigenvalue weighted by Crippen LogP contribution is -2.50. The summed E-state index contributed by atoms with van der Waals surface area (Å²) in [7, 11) is 0. The fraction of sp³-hybridized carbons (Fsp3) is 0.909. The summed E-state index contributed by atoms with van der Waals surface area (Å²) in [6.45, 7) is 6.77. The molecule has 0 saturated carbocycles. The SMILES string of the molecule is CCC(CC)NC1COCC1(C)C(=O)O. The normalized spacial score (nSPS) is 31.1. The summed E-state index contributed by atoms with van der Waals surface area (Å²) in [5.74, 6) is -0.775. The second-order valence-electron chi connectivity index (χ2n) is 4.47. The van der Waals surface area contributed by atoms with E-state index in [0.717, 1.165) is 12.8 Å². The zero-order valence-electron chi connectivity index (χ0n) is 9.75. The molecule has 1 heterocycles. The van der Waals surface area contributed by atoms with Crippen LogP contribution in [0.1, 0.15) is 33.6 Å². The van der Waals surface area contributed by atoms with E-state index in [-0.39, 0.29) is 6.04 Å². The molecule has 2 unspecified atom stereocenters. The number of nitrogens with one attached hydrogen (secondary N) is 1. The maximum absolute atomic E-state index is 11.2. The highest BCUT2D eigenvalue weighted by atomic mass is 16.5. The van der Waals surface area contributed by atoms with E-state index in [1.165, 1.54) is 0 Å². The van der Waals surface area contributed by atoms with Gasteiger partial charge in [-0.1, -0.05) is 13.8 Å². The van der Waals surface area contributed by atoms with Crippen molar-refractivity contribution in [3.8, 4) is 0 Å². The van der Waals surface area contributed by atoms with Gasteiger partial charge in [-0.3, -0.25) is 4.79 Å². The van der Waals surface area contributed by atoms with Crippen LogP contribution in [-0.2, 0) is 9.53 Å². The minimum Gasteiger partial charge on any atom is -0.481 e. The van der Waals surface area contributed by atoms with E-state index in [9.17, 15) is 9.90 Å². The van der Waals surface area contributed by atoms with E-state index >= 15 is 0 Å². The summed E-state index contributed by atoms with van der Waals surface area (Å²) >= 11 is 0. The average molecular weight is 215 g/mol. The summed E-state index contributed by atoms with van der Waals surface area (Å²) in [4.78, 5) is 11.2. The lowest BCUT2D eigenvalue weighted by molar-refractivity contribution is -0.148. The number of hydrogen-bond acceptors (Lipinski definition) is 3. The molecule has 1 saturated heterocycles. The Labute approximate surface area is 91.0 Å². The van der Waals surface area contributed by atoms with Gasteiger partial charge in [-0.2, -0.15) is 0 Å². The Hall–Kier alpha value is -0.610. The maximum atomic E-state index is 11.2. The number of hydrogen-bond donors (Lipinski definition) is 2. The first kappa shape index (κ1) is 12.5. The van der Waals surface area contributed by atoms with Gasteiger partial charge in [0.1, 0.15) is 5.41 Å². The van der Waals surface area contributed by atoms with Crippen molar-refractivity contribution >= 4 is 5.97 Å². The van der Waals surface area contributed by atoms with Gasteiger partial charge in [-0.15, -0.1) is 0 Å². The molecule has 0 aromatic rings. The molecule has 0 aromatic heterocycles. The second-order valence-corrected chi connectivity index (χ2v) is 4.47. The molecule has 4 nitrogen and oxygen atoms in total. The molecule has 1 fully saturated rings. The van der Waals surface area contributed by atoms with Crippen LogP contribution in [0.3, 0.4) is 0 Å². The average Bonchev–Trinajstić information content (AvgIpc) is 2.58. The Kier molecular flexibility index (Phi) is 4.11. The van der Waals surface area contributed by atoms with Crippen LogP contribution in [0.25, 0.3) is 0 Å². The third-order valence-electron chi connectivity index (χ3n) is 3.37. The highest BCUT2D eigenvalue weighted by molar-refractivity contribution is 5.75. The van der Waals surface area contributed by atoms with E-state index in [1.54, 1.807) is 6.92 Å². The van der Waals surface area contributed by atoms with Gasteiger partial charge in [0.25, 0.3) is 0 Å². The van der Waals surface area contributed by atoms with Gasteiger partial charge in [0.15, 0.2) is 0 Å². The second kappa shape index (κ2) is 4.94. The first-order valence-corrected chi connectivity index (χ1v) is 5.61. The molecule has 0 radical (unpaired) electrons. The van der Waals surface area contributed by atoms with Crippen molar-refractivity contribution in [2.45, 2.75) is 45.7 Å². The zero-order valence-corrected chi connectivity index (χ0v) is 9.75. The number of carbonyl (C=O) groups is 1. The van der Waals surface area contributed by atoms with E-state index in [0.29, 0.717) is 19.3 Å². The Morgan fingerprint density at radius 3 is 2.67 bits per heavy atom. The molecule has 2 N–H and O–H groups in total. The van der Waals surface area contributed by atoms with Crippen LogP contribution in [0.2, 0.25) is 0 Å². The van der Waals surface area contributed by atoms with Crippen LogP contribution in [0.4, 0.5) is 0 Å². The lowest BCUT2D eigenvalue weighted by Gasteiger charge is -2.29. The third-order valence-corrected chi connectivity index (χ3v) is 3.37. The molecule has 0 amide bonds. The van der Waals surface area contributed by atoms with Gasteiger partial charge >= 0.3 is 5.97 Å². The van der Waals surface area contributed by atoms with Crippen molar-refractivity contribution in [2.75, 3.05) is 13.2 Å². The van der Waals surface area contributed by atoms with Crippen molar-refractivity contribution in [3.05, 3.63) is 0 Å². The molecule has 88 valence electrons. The van der Waals surface area contributed by atoms with Crippen molar-refractivity contribution < 1.29 is 14.6 Å². The number of ether oxygens (including phenoxy) is 1. The van der Waals surface area contributed by atoms with Crippen LogP contribution in [-0.4, -0.2) is 36.4 Å². The summed E-state index contributed by atoms with van der Waals surface area (Å²) < 4.78 is 5.28. The minimum absolute atomic E-state index is 0.0695. The number of rotatable bonds is 5. The Morgan fingerprint density at radius 2 is 2.20 bits per heavy atom. The summed E-state index contributed by atoms with van der Waals surface area (Å²) in [6, 6.07) is 0.315. The number of carboxylic acids is 1. The van der Waals surface area contributed by atoms with Crippen molar-refractivity contribution in [1.29, 1.82) is 0 Å². The molecular weight excluding hydrogens is 194 g/mol. The standard InChI is InChI=1S/C11H21NO3/c1-4-8(5-2)12-9-6-15-7-11(9,3)10(13)14/h8-9,12H,4-7H2,1-3H3,(H,13,14). The molecule has 0 aliphatic carbocycles. The molecular formula is C11H21NO3. The predicted molar refractivity (Wildman–Crippen MR) is 57.9 cm³/mol. The fourth-order valence-electron chi connectivity index (χ4n) is 1.93. The Bertz CT molecular complexity index is 228. The smallest absolute Gasteiger partial charge is 0.313 e. The fourth-order valence-corrected chi connectivity index (χ4v) is 1.93. The Morgan fingerprint density at radius 1 is 1.60 bits per heavy atom. The minimum atomic E-state index is -0.775. The largest absolute Gasteiger partial charge is 0.481 e. The van der Waals surface area contributed by atoms with Crippen molar-refractivity contribution in [2.24, 2.45) is 5.41 Å². The molecule has 0 bridgehead atoms. The topological polar surface area (TPSA) is 58.6 Å². The van der Waals surface area contributed by atoms with Crippen LogP contribution in [0, 0.1) is 5.41 Å². The lowest BCUT2D eigenvalue weighted by atomic mass is 9.85. The van der Waals surface area contributed by atoms with Gasteiger partial charge in [-0.25, -0.2) is 0 Å². The molecule has 1 rings (SSSR count). The quantitative estimate of drug-likeness (QED) is 0.724. The zero-order chi connectivity index (χ0) is 11.5. The molecule has 1 aliphatic rings. The van der Waals surface area contributed by atoms with Crippen LogP contribution >= 0.6 is 0 Å². The third kappa shape index (κ3) is 2.49. The Balaban J connectivity index is 2.64.